The van der Waals surface area contributed by atoms with Crippen molar-refractivity contribution in [3.63, 3.8) is 0 Å². The van der Waals surface area contributed by atoms with E-state index in [9.17, 15) is 13.2 Å². The highest BCUT2D eigenvalue weighted by molar-refractivity contribution is 7.88. The normalized spacial score (nSPS) is 13.9. The number of amides is 1. The van der Waals surface area contributed by atoms with E-state index in [1.807, 2.05) is 18.2 Å². The first-order chi connectivity index (χ1) is 9.00. The van der Waals surface area contributed by atoms with Crippen molar-refractivity contribution in [2.45, 2.75) is 19.6 Å². The number of ether oxygens (including phenoxy) is 1. The Morgan fingerprint density at radius 2 is 2.11 bits per heavy atom. The molecule has 1 aromatic rings. The van der Waals surface area contributed by atoms with Crippen molar-refractivity contribution >= 4 is 16.3 Å². The molecule has 0 unspecified atom stereocenters. The third kappa shape index (κ3) is 3.66. The average molecular weight is 285 g/mol. The first kappa shape index (κ1) is 13.8. The Morgan fingerprint density at radius 1 is 1.37 bits per heavy atom. The van der Waals surface area contributed by atoms with E-state index in [0.717, 1.165) is 31.3 Å². The van der Waals surface area contributed by atoms with E-state index < -0.39 is 16.3 Å². The molecule has 0 saturated heterocycles. The van der Waals surface area contributed by atoms with E-state index >= 15 is 0 Å². The fourth-order valence-corrected chi connectivity index (χ4v) is 2.56. The van der Waals surface area contributed by atoms with E-state index in [1.54, 1.807) is 4.72 Å². The highest BCUT2D eigenvalue weighted by atomic mass is 32.2. The maximum atomic E-state index is 11.5. The van der Waals surface area contributed by atoms with E-state index in [0.29, 0.717) is 0 Å². The molecule has 2 rings (SSSR count). The monoisotopic (exact) mass is 285 g/mol. The summed E-state index contributed by atoms with van der Waals surface area (Å²) in [7, 11) is -2.80. The standard InChI is InChI=1S/C11H15N3O4S/c1-18-11(15)14-19(16,17)13-5-8-2-3-9-6-12-7-10(9)4-8/h2-4,12-13H,5-7H2,1H3,(H,14,15). The van der Waals surface area contributed by atoms with Crippen LogP contribution in [0.15, 0.2) is 18.2 Å². The van der Waals surface area contributed by atoms with Crippen LogP contribution >= 0.6 is 0 Å². The fraction of sp³-hybridized carbons (Fsp3) is 0.364. The molecule has 0 spiro atoms. The molecule has 1 aliphatic heterocycles. The van der Waals surface area contributed by atoms with Crippen LogP contribution in [-0.4, -0.2) is 21.6 Å². The van der Waals surface area contributed by atoms with Gasteiger partial charge in [-0.2, -0.15) is 13.1 Å². The van der Waals surface area contributed by atoms with E-state index in [-0.39, 0.29) is 6.54 Å². The van der Waals surface area contributed by atoms with Crippen LogP contribution in [0.1, 0.15) is 16.7 Å². The Balaban J connectivity index is 1.97. The Hall–Kier alpha value is -1.64. The summed E-state index contributed by atoms with van der Waals surface area (Å²) in [6, 6.07) is 5.76. The van der Waals surface area contributed by atoms with Crippen molar-refractivity contribution in [2.24, 2.45) is 0 Å². The molecule has 0 atom stereocenters. The number of benzene rings is 1. The zero-order valence-corrected chi connectivity index (χ0v) is 11.2. The van der Waals surface area contributed by atoms with Gasteiger partial charge < -0.3 is 10.1 Å². The Morgan fingerprint density at radius 3 is 2.84 bits per heavy atom. The number of methoxy groups -OCH3 is 1. The minimum atomic E-state index is -3.90. The smallest absolute Gasteiger partial charge is 0.421 e. The highest BCUT2D eigenvalue weighted by Gasteiger charge is 2.15. The lowest BCUT2D eigenvalue weighted by molar-refractivity contribution is 0.177. The number of hydrogen-bond donors (Lipinski definition) is 3. The summed E-state index contributed by atoms with van der Waals surface area (Å²) in [5, 5.41) is 3.21. The number of carbonyl (C=O) groups is 1. The second-order valence-corrected chi connectivity index (χ2v) is 5.62. The fourth-order valence-electron chi connectivity index (χ4n) is 1.82. The Kier molecular flexibility index (Phi) is 4.03. The molecular weight excluding hydrogens is 270 g/mol. The molecule has 0 aromatic heterocycles. The molecule has 0 saturated carbocycles. The van der Waals surface area contributed by atoms with Gasteiger partial charge in [-0.25, -0.2) is 9.52 Å². The maximum absolute atomic E-state index is 11.5. The third-order valence-electron chi connectivity index (χ3n) is 2.77. The molecule has 1 aliphatic rings. The van der Waals surface area contributed by atoms with Gasteiger partial charge in [-0.1, -0.05) is 18.2 Å². The number of hydrogen-bond acceptors (Lipinski definition) is 5. The first-order valence-electron chi connectivity index (χ1n) is 5.67. The number of rotatable bonds is 4. The summed E-state index contributed by atoms with van der Waals surface area (Å²) < 4.78 is 31.2. The third-order valence-corrected chi connectivity index (χ3v) is 3.73. The van der Waals surface area contributed by atoms with Gasteiger partial charge in [0.25, 0.3) is 0 Å². The molecule has 1 amide bonds. The largest absolute Gasteiger partial charge is 0.452 e. The van der Waals surface area contributed by atoms with Crippen molar-refractivity contribution in [3.8, 4) is 0 Å². The molecule has 0 fully saturated rings. The Labute approximate surface area is 111 Å². The van der Waals surface area contributed by atoms with Crippen LogP contribution in [0.3, 0.4) is 0 Å². The number of nitrogens with one attached hydrogen (secondary N) is 3. The topological polar surface area (TPSA) is 96.5 Å². The second kappa shape index (κ2) is 5.55. The van der Waals surface area contributed by atoms with Crippen molar-refractivity contribution in [2.75, 3.05) is 7.11 Å². The number of fused-ring (bicyclic) bond motifs is 1. The maximum Gasteiger partial charge on any atom is 0.421 e. The predicted molar refractivity (Wildman–Crippen MR) is 68.3 cm³/mol. The van der Waals surface area contributed by atoms with Gasteiger partial charge in [0.05, 0.1) is 7.11 Å². The van der Waals surface area contributed by atoms with Crippen LogP contribution in [0.4, 0.5) is 4.79 Å². The SMILES string of the molecule is COC(=O)NS(=O)(=O)NCc1ccc2c(c1)CNC2. The second-order valence-electron chi connectivity index (χ2n) is 4.12. The van der Waals surface area contributed by atoms with Gasteiger partial charge in [0, 0.05) is 19.6 Å². The first-order valence-corrected chi connectivity index (χ1v) is 7.15. The minimum Gasteiger partial charge on any atom is -0.452 e. The number of carbonyl (C=O) groups excluding carboxylic acids is 1. The van der Waals surface area contributed by atoms with Gasteiger partial charge >= 0.3 is 16.3 Å². The van der Waals surface area contributed by atoms with Crippen molar-refractivity contribution in [1.29, 1.82) is 0 Å². The van der Waals surface area contributed by atoms with Gasteiger partial charge in [-0.15, -0.1) is 0 Å². The molecular formula is C11H15N3O4S. The molecule has 104 valence electrons. The van der Waals surface area contributed by atoms with Gasteiger partial charge in [-0.05, 0) is 16.7 Å². The van der Waals surface area contributed by atoms with Crippen LogP contribution in [0.2, 0.25) is 0 Å². The van der Waals surface area contributed by atoms with Crippen LogP contribution in [0.5, 0.6) is 0 Å². The van der Waals surface area contributed by atoms with Gasteiger partial charge in [-0.3, -0.25) is 0 Å². The summed E-state index contributed by atoms with van der Waals surface area (Å²) in [6.45, 7) is 1.74. The lowest BCUT2D eigenvalue weighted by atomic mass is 10.1. The summed E-state index contributed by atoms with van der Waals surface area (Å²) in [5.74, 6) is 0. The zero-order chi connectivity index (χ0) is 13.9. The van der Waals surface area contributed by atoms with Crippen LogP contribution in [-0.2, 0) is 34.6 Å². The highest BCUT2D eigenvalue weighted by Crippen LogP contribution is 2.16. The van der Waals surface area contributed by atoms with E-state index in [4.69, 9.17) is 0 Å². The molecule has 0 bridgehead atoms. The molecule has 1 heterocycles. The van der Waals surface area contributed by atoms with Crippen LogP contribution in [0, 0.1) is 0 Å². The summed E-state index contributed by atoms with van der Waals surface area (Å²) in [4.78, 5) is 10.8. The lowest BCUT2D eigenvalue weighted by Gasteiger charge is -2.08. The molecule has 1 aromatic carbocycles. The van der Waals surface area contributed by atoms with Crippen molar-refractivity contribution in [3.05, 3.63) is 34.9 Å². The molecule has 0 radical (unpaired) electrons. The van der Waals surface area contributed by atoms with E-state index in [1.165, 1.54) is 5.56 Å². The molecule has 3 N–H and O–H groups in total. The van der Waals surface area contributed by atoms with Crippen LogP contribution < -0.4 is 14.8 Å². The van der Waals surface area contributed by atoms with Gasteiger partial charge in [0.2, 0.25) is 0 Å². The van der Waals surface area contributed by atoms with Gasteiger partial charge in [0.15, 0.2) is 0 Å². The lowest BCUT2D eigenvalue weighted by Crippen LogP contribution is -2.39. The van der Waals surface area contributed by atoms with Crippen LogP contribution in [0.25, 0.3) is 0 Å². The summed E-state index contributed by atoms with van der Waals surface area (Å²) in [5.41, 5.74) is 3.22. The predicted octanol–water partition coefficient (Wildman–Crippen LogP) is -0.0198. The quantitative estimate of drug-likeness (QED) is 0.722. The average Bonchev–Trinajstić information content (AvgIpc) is 2.83. The summed E-state index contributed by atoms with van der Waals surface area (Å²) >= 11 is 0. The molecule has 8 heteroatoms. The molecule has 7 nitrogen and oxygen atoms in total. The van der Waals surface area contributed by atoms with Gasteiger partial charge in [0.1, 0.15) is 0 Å². The summed E-state index contributed by atoms with van der Waals surface area (Å²) in [6.07, 6.45) is -1.02. The molecule has 19 heavy (non-hydrogen) atoms. The zero-order valence-electron chi connectivity index (χ0n) is 10.4. The van der Waals surface area contributed by atoms with Crippen molar-refractivity contribution in [1.82, 2.24) is 14.8 Å². The minimum absolute atomic E-state index is 0.111. The molecule has 0 aliphatic carbocycles. The van der Waals surface area contributed by atoms with Crippen molar-refractivity contribution < 1.29 is 17.9 Å². The Bertz CT molecular complexity index is 586. The van der Waals surface area contributed by atoms with E-state index in [2.05, 4.69) is 14.8 Å².